The first kappa shape index (κ1) is 20.2. The van der Waals surface area contributed by atoms with Crippen molar-refractivity contribution in [3.05, 3.63) is 71.3 Å². The van der Waals surface area contributed by atoms with Gasteiger partial charge < -0.3 is 19.9 Å². The lowest BCUT2D eigenvalue weighted by Crippen LogP contribution is -2.25. The van der Waals surface area contributed by atoms with Crippen LogP contribution in [-0.2, 0) is 16.1 Å². The van der Waals surface area contributed by atoms with Crippen molar-refractivity contribution in [3.8, 4) is 5.75 Å². The highest BCUT2D eigenvalue weighted by Crippen LogP contribution is 2.19. The Labute approximate surface area is 158 Å². The summed E-state index contributed by atoms with van der Waals surface area (Å²) < 4.78 is 10.4. The number of hydrogen-bond donors (Lipinski definition) is 2. The van der Waals surface area contributed by atoms with Crippen LogP contribution in [0.25, 0.3) is 6.08 Å². The summed E-state index contributed by atoms with van der Waals surface area (Å²) >= 11 is 0. The van der Waals surface area contributed by atoms with Gasteiger partial charge in [-0.25, -0.2) is 4.79 Å². The van der Waals surface area contributed by atoms with E-state index in [-0.39, 0.29) is 19.1 Å². The lowest BCUT2D eigenvalue weighted by Gasteiger charge is -2.09. The van der Waals surface area contributed by atoms with Gasteiger partial charge in [0.05, 0.1) is 7.11 Å². The molecule has 142 valence electrons. The standard InChI is InChI=1S/C21H23NO5/c1-26-18-9-10-19(21(25)22-12-5-13-23)17(14-18)8-11-20(24)27-15-16-6-3-2-4-7-16/h2-4,6-11,14,23H,5,12-13,15H2,1H3,(H,22,25)/b11-8+. The highest BCUT2D eigenvalue weighted by atomic mass is 16.5. The average molecular weight is 369 g/mol. The minimum atomic E-state index is -0.506. The summed E-state index contributed by atoms with van der Waals surface area (Å²) in [6.07, 6.45) is 3.28. The quantitative estimate of drug-likeness (QED) is 0.403. The monoisotopic (exact) mass is 369 g/mol. The molecule has 0 unspecified atom stereocenters. The second kappa shape index (κ2) is 10.8. The second-order valence-corrected chi connectivity index (χ2v) is 5.71. The number of nitrogens with one attached hydrogen (secondary N) is 1. The zero-order valence-electron chi connectivity index (χ0n) is 15.2. The maximum atomic E-state index is 12.3. The largest absolute Gasteiger partial charge is 0.497 e. The van der Waals surface area contributed by atoms with Crippen LogP contribution in [-0.4, -0.2) is 37.2 Å². The summed E-state index contributed by atoms with van der Waals surface area (Å²) in [7, 11) is 1.53. The van der Waals surface area contributed by atoms with Gasteiger partial charge in [-0.3, -0.25) is 4.79 Å². The highest BCUT2D eigenvalue weighted by Gasteiger charge is 2.11. The Bertz CT molecular complexity index is 786. The maximum absolute atomic E-state index is 12.3. The number of aliphatic hydroxyl groups excluding tert-OH is 1. The molecule has 2 N–H and O–H groups in total. The number of carbonyl (C=O) groups is 2. The maximum Gasteiger partial charge on any atom is 0.331 e. The molecule has 1 amide bonds. The Kier molecular flexibility index (Phi) is 8.06. The predicted molar refractivity (Wildman–Crippen MR) is 102 cm³/mol. The Morgan fingerprint density at radius 1 is 1.15 bits per heavy atom. The summed E-state index contributed by atoms with van der Waals surface area (Å²) in [6.45, 7) is 0.545. The van der Waals surface area contributed by atoms with Crippen molar-refractivity contribution in [1.29, 1.82) is 0 Å². The first-order chi connectivity index (χ1) is 13.1. The molecule has 0 heterocycles. The fourth-order valence-corrected chi connectivity index (χ4v) is 2.32. The number of carbonyl (C=O) groups excluding carboxylic acids is 2. The van der Waals surface area contributed by atoms with Crippen LogP contribution in [0.15, 0.2) is 54.6 Å². The number of aliphatic hydroxyl groups is 1. The molecule has 0 saturated carbocycles. The molecule has 0 fully saturated rings. The fraction of sp³-hybridized carbons (Fsp3) is 0.238. The number of benzene rings is 2. The van der Waals surface area contributed by atoms with Gasteiger partial charge in [-0.05, 0) is 41.8 Å². The van der Waals surface area contributed by atoms with Gasteiger partial charge in [0.2, 0.25) is 0 Å². The highest BCUT2D eigenvalue weighted by molar-refractivity contribution is 5.99. The van der Waals surface area contributed by atoms with Gasteiger partial charge in [-0.15, -0.1) is 0 Å². The van der Waals surface area contributed by atoms with E-state index < -0.39 is 5.97 Å². The molecule has 0 aliphatic rings. The summed E-state index contributed by atoms with van der Waals surface area (Å²) in [5.41, 5.74) is 1.83. The number of methoxy groups -OCH3 is 1. The predicted octanol–water partition coefficient (Wildman–Crippen LogP) is 2.56. The summed E-state index contributed by atoms with van der Waals surface area (Å²) in [6, 6.07) is 14.3. The molecular weight excluding hydrogens is 346 g/mol. The van der Waals surface area contributed by atoms with E-state index in [1.165, 1.54) is 19.3 Å². The molecule has 6 heteroatoms. The number of amides is 1. The molecule has 27 heavy (non-hydrogen) atoms. The summed E-state index contributed by atoms with van der Waals surface area (Å²) in [4.78, 5) is 24.3. The molecule has 0 aliphatic carbocycles. The van der Waals surface area contributed by atoms with Crippen LogP contribution < -0.4 is 10.1 Å². The molecule has 0 radical (unpaired) electrons. The van der Waals surface area contributed by atoms with Gasteiger partial charge in [-0.1, -0.05) is 30.3 Å². The van der Waals surface area contributed by atoms with Crippen LogP contribution in [0.1, 0.15) is 27.9 Å². The normalized spacial score (nSPS) is 10.6. The topological polar surface area (TPSA) is 84.9 Å². The zero-order valence-corrected chi connectivity index (χ0v) is 15.2. The Morgan fingerprint density at radius 3 is 2.63 bits per heavy atom. The second-order valence-electron chi connectivity index (χ2n) is 5.71. The third-order valence-electron chi connectivity index (χ3n) is 3.75. The molecule has 0 aliphatic heterocycles. The summed E-state index contributed by atoms with van der Waals surface area (Å²) in [5.74, 6) is -0.226. The lowest BCUT2D eigenvalue weighted by atomic mass is 10.1. The van der Waals surface area contributed by atoms with E-state index in [4.69, 9.17) is 14.6 Å². The van der Waals surface area contributed by atoms with Crippen molar-refractivity contribution in [2.75, 3.05) is 20.3 Å². The van der Waals surface area contributed by atoms with Gasteiger partial charge in [0.15, 0.2) is 0 Å². The van der Waals surface area contributed by atoms with Crippen LogP contribution >= 0.6 is 0 Å². The van der Waals surface area contributed by atoms with E-state index in [1.807, 2.05) is 30.3 Å². The van der Waals surface area contributed by atoms with E-state index in [2.05, 4.69) is 5.32 Å². The van der Waals surface area contributed by atoms with Crippen molar-refractivity contribution < 1.29 is 24.2 Å². The van der Waals surface area contributed by atoms with Crippen molar-refractivity contribution >= 4 is 18.0 Å². The number of ether oxygens (including phenoxy) is 2. The van der Waals surface area contributed by atoms with Crippen molar-refractivity contribution in [2.45, 2.75) is 13.0 Å². The van der Waals surface area contributed by atoms with Gasteiger partial charge in [0.25, 0.3) is 5.91 Å². The molecule has 0 aromatic heterocycles. The molecule has 2 aromatic rings. The molecule has 2 aromatic carbocycles. The van der Waals surface area contributed by atoms with Crippen LogP contribution in [0.2, 0.25) is 0 Å². The van der Waals surface area contributed by atoms with Gasteiger partial charge in [0, 0.05) is 24.8 Å². The van der Waals surface area contributed by atoms with Gasteiger partial charge in [-0.2, -0.15) is 0 Å². The molecule has 0 atom stereocenters. The van der Waals surface area contributed by atoms with E-state index in [0.29, 0.717) is 29.8 Å². The van der Waals surface area contributed by atoms with E-state index in [1.54, 1.807) is 18.2 Å². The Hall–Kier alpha value is -3.12. The molecular formula is C21H23NO5. The van der Waals surface area contributed by atoms with Crippen LogP contribution in [0.5, 0.6) is 5.75 Å². The molecule has 0 spiro atoms. The third kappa shape index (κ3) is 6.60. The molecule has 2 rings (SSSR count). The Morgan fingerprint density at radius 2 is 1.93 bits per heavy atom. The lowest BCUT2D eigenvalue weighted by molar-refractivity contribution is -0.138. The molecule has 0 saturated heterocycles. The molecule has 6 nitrogen and oxygen atoms in total. The van der Waals surface area contributed by atoms with Crippen molar-refractivity contribution in [1.82, 2.24) is 5.32 Å². The summed E-state index contributed by atoms with van der Waals surface area (Å²) in [5, 5.41) is 11.5. The van der Waals surface area contributed by atoms with E-state index in [0.717, 1.165) is 5.56 Å². The van der Waals surface area contributed by atoms with Crippen molar-refractivity contribution in [2.24, 2.45) is 0 Å². The van der Waals surface area contributed by atoms with Crippen LogP contribution in [0.4, 0.5) is 0 Å². The van der Waals surface area contributed by atoms with E-state index >= 15 is 0 Å². The average Bonchev–Trinajstić information content (AvgIpc) is 2.71. The number of rotatable bonds is 9. The Balaban J connectivity index is 2.06. The fourth-order valence-electron chi connectivity index (χ4n) is 2.32. The smallest absolute Gasteiger partial charge is 0.331 e. The van der Waals surface area contributed by atoms with Crippen LogP contribution in [0, 0.1) is 0 Å². The van der Waals surface area contributed by atoms with Gasteiger partial charge >= 0.3 is 5.97 Å². The van der Waals surface area contributed by atoms with E-state index in [9.17, 15) is 9.59 Å². The third-order valence-corrected chi connectivity index (χ3v) is 3.75. The van der Waals surface area contributed by atoms with Crippen molar-refractivity contribution in [3.63, 3.8) is 0 Å². The SMILES string of the molecule is COc1ccc(C(=O)NCCCO)c(/C=C/C(=O)OCc2ccccc2)c1. The zero-order chi connectivity index (χ0) is 19.5. The van der Waals surface area contributed by atoms with Crippen LogP contribution in [0.3, 0.4) is 0 Å². The molecule has 0 bridgehead atoms. The first-order valence-corrected chi connectivity index (χ1v) is 8.60. The number of hydrogen-bond acceptors (Lipinski definition) is 5. The first-order valence-electron chi connectivity index (χ1n) is 8.60. The minimum Gasteiger partial charge on any atom is -0.497 e. The minimum absolute atomic E-state index is 0.00288. The van der Waals surface area contributed by atoms with Gasteiger partial charge in [0.1, 0.15) is 12.4 Å². The number of esters is 1.